The van der Waals surface area contributed by atoms with Crippen molar-refractivity contribution < 1.29 is 9.90 Å². The number of benzene rings is 3. The standard InChI is InChI=1S/C19H18P.C2H4O2.BrH/c1-20(17-11-5-2-6-12-17,18-13-7-3-8-14-18)19-15-9-4-10-16-19;1-2(3)4;/h2-16H,1H3;1H3,(H,3,4);1H/q+1;;. The molecule has 0 spiro atoms. The zero-order valence-corrected chi connectivity index (χ0v) is 17.0. The molecule has 4 heteroatoms. The molecule has 0 aliphatic heterocycles. The monoisotopic (exact) mass is 417 g/mol. The Kier molecular flexibility index (Phi) is 8.54. The van der Waals surface area contributed by atoms with Gasteiger partial charge in [-0.3, -0.25) is 4.79 Å². The lowest BCUT2D eigenvalue weighted by Gasteiger charge is -2.22. The van der Waals surface area contributed by atoms with Crippen LogP contribution in [-0.2, 0) is 4.79 Å². The molecule has 3 rings (SSSR count). The molecule has 2 nitrogen and oxygen atoms in total. The fourth-order valence-corrected chi connectivity index (χ4v) is 5.83. The van der Waals surface area contributed by atoms with E-state index in [2.05, 4.69) is 97.7 Å². The first-order chi connectivity index (χ1) is 11.5. The summed E-state index contributed by atoms with van der Waals surface area (Å²) in [6, 6.07) is 32.6. The van der Waals surface area contributed by atoms with Gasteiger partial charge < -0.3 is 5.11 Å². The van der Waals surface area contributed by atoms with Crippen LogP contribution in [0.5, 0.6) is 0 Å². The maximum absolute atomic E-state index is 9.00. The van der Waals surface area contributed by atoms with Crippen LogP contribution in [0.2, 0.25) is 0 Å². The smallest absolute Gasteiger partial charge is 0.300 e. The molecule has 0 heterocycles. The predicted molar refractivity (Wildman–Crippen MR) is 115 cm³/mol. The zero-order valence-electron chi connectivity index (χ0n) is 14.4. The summed E-state index contributed by atoms with van der Waals surface area (Å²) in [5.41, 5.74) is 0. The average molecular weight is 418 g/mol. The van der Waals surface area contributed by atoms with Crippen LogP contribution in [0.3, 0.4) is 0 Å². The van der Waals surface area contributed by atoms with E-state index in [-0.39, 0.29) is 17.0 Å². The molecule has 0 aromatic heterocycles. The van der Waals surface area contributed by atoms with Gasteiger partial charge in [0.05, 0.1) is 6.66 Å². The number of carbonyl (C=O) groups is 1. The van der Waals surface area contributed by atoms with Crippen molar-refractivity contribution in [2.24, 2.45) is 0 Å². The van der Waals surface area contributed by atoms with Crippen molar-refractivity contribution in [1.82, 2.24) is 0 Å². The SMILES string of the molecule is Br.CC(=O)O.C[P+](c1ccccc1)(c1ccccc1)c1ccccc1. The van der Waals surface area contributed by atoms with Gasteiger partial charge in [0.15, 0.2) is 0 Å². The molecule has 0 bridgehead atoms. The van der Waals surface area contributed by atoms with E-state index >= 15 is 0 Å². The predicted octanol–water partition coefficient (Wildman–Crippen LogP) is 4.28. The first-order valence-electron chi connectivity index (χ1n) is 7.78. The molecule has 0 radical (unpaired) electrons. The van der Waals surface area contributed by atoms with E-state index in [1.54, 1.807) is 0 Å². The zero-order chi connectivity index (χ0) is 17.4. The van der Waals surface area contributed by atoms with Crippen molar-refractivity contribution in [3.63, 3.8) is 0 Å². The Bertz CT molecular complexity index is 661. The summed E-state index contributed by atoms with van der Waals surface area (Å²) in [6.45, 7) is 3.49. The summed E-state index contributed by atoms with van der Waals surface area (Å²) in [5.74, 6) is -0.833. The number of hydrogen-bond acceptors (Lipinski definition) is 1. The number of aliphatic carboxylic acids is 1. The number of carboxylic acid groups (broad SMARTS) is 1. The molecule has 3 aromatic rings. The number of halogens is 1. The molecule has 0 aliphatic carbocycles. The molecule has 25 heavy (non-hydrogen) atoms. The highest BCUT2D eigenvalue weighted by Gasteiger charge is 2.39. The molecule has 130 valence electrons. The van der Waals surface area contributed by atoms with Crippen LogP contribution in [-0.4, -0.2) is 17.7 Å². The maximum atomic E-state index is 9.00. The van der Waals surface area contributed by atoms with Crippen molar-refractivity contribution in [3.05, 3.63) is 91.0 Å². The minimum atomic E-state index is -1.53. The summed E-state index contributed by atoms with van der Waals surface area (Å²) >= 11 is 0. The summed E-state index contributed by atoms with van der Waals surface area (Å²) < 4.78 is 0. The van der Waals surface area contributed by atoms with E-state index in [1.165, 1.54) is 15.9 Å². The summed E-state index contributed by atoms with van der Waals surface area (Å²) in [5, 5.41) is 11.7. The van der Waals surface area contributed by atoms with E-state index < -0.39 is 13.2 Å². The average Bonchev–Trinajstić information content (AvgIpc) is 2.63. The van der Waals surface area contributed by atoms with Crippen LogP contribution >= 0.6 is 24.2 Å². The Morgan fingerprint density at radius 1 is 0.680 bits per heavy atom. The second kappa shape index (κ2) is 10.1. The highest BCUT2D eigenvalue weighted by Crippen LogP contribution is 2.51. The second-order valence-electron chi connectivity index (χ2n) is 5.53. The fourth-order valence-electron chi connectivity index (χ4n) is 2.63. The van der Waals surface area contributed by atoms with Crippen molar-refractivity contribution >= 4 is 46.1 Å². The van der Waals surface area contributed by atoms with Gasteiger partial charge in [-0.05, 0) is 36.4 Å². The third-order valence-corrected chi connectivity index (χ3v) is 7.81. The molecule has 0 atom stereocenters. The van der Waals surface area contributed by atoms with E-state index in [1.807, 2.05) is 0 Å². The molecular weight excluding hydrogens is 395 g/mol. The van der Waals surface area contributed by atoms with Crippen LogP contribution in [0.1, 0.15) is 6.92 Å². The van der Waals surface area contributed by atoms with E-state index in [4.69, 9.17) is 9.90 Å². The number of rotatable bonds is 3. The molecule has 0 saturated carbocycles. The number of carboxylic acids is 1. The molecule has 0 fully saturated rings. The molecule has 1 N–H and O–H groups in total. The third-order valence-electron chi connectivity index (χ3n) is 3.82. The van der Waals surface area contributed by atoms with Gasteiger partial charge in [-0.1, -0.05) is 54.6 Å². The molecule has 0 saturated heterocycles. The minimum absolute atomic E-state index is 0. The van der Waals surface area contributed by atoms with Gasteiger partial charge in [0.2, 0.25) is 0 Å². The Balaban J connectivity index is 0.000000568. The van der Waals surface area contributed by atoms with Gasteiger partial charge in [-0.25, -0.2) is 0 Å². The normalized spacial score (nSPS) is 10.0. The van der Waals surface area contributed by atoms with Gasteiger partial charge in [0.1, 0.15) is 23.2 Å². The van der Waals surface area contributed by atoms with Crippen LogP contribution in [0.25, 0.3) is 0 Å². The maximum Gasteiger partial charge on any atom is 0.300 e. The van der Waals surface area contributed by atoms with Gasteiger partial charge >= 0.3 is 0 Å². The topological polar surface area (TPSA) is 37.3 Å². The van der Waals surface area contributed by atoms with Gasteiger partial charge in [-0.2, -0.15) is 0 Å². The highest BCUT2D eigenvalue weighted by atomic mass is 79.9. The second-order valence-corrected chi connectivity index (χ2v) is 9.09. The quantitative estimate of drug-likeness (QED) is 0.645. The molecular formula is C21H23BrO2P+. The van der Waals surface area contributed by atoms with Gasteiger partial charge in [0.25, 0.3) is 5.97 Å². The molecule has 0 aliphatic rings. The number of hydrogen-bond donors (Lipinski definition) is 1. The lowest BCUT2D eigenvalue weighted by molar-refractivity contribution is -0.134. The summed E-state index contributed by atoms with van der Waals surface area (Å²) in [7, 11) is -1.53. The first-order valence-corrected chi connectivity index (χ1v) is 10.0. The summed E-state index contributed by atoms with van der Waals surface area (Å²) in [6.07, 6.45) is 0. The van der Waals surface area contributed by atoms with Crippen LogP contribution in [0.4, 0.5) is 0 Å². The Morgan fingerprint density at radius 2 is 0.880 bits per heavy atom. The van der Waals surface area contributed by atoms with Crippen molar-refractivity contribution in [3.8, 4) is 0 Å². The van der Waals surface area contributed by atoms with Crippen molar-refractivity contribution in [1.29, 1.82) is 0 Å². The van der Waals surface area contributed by atoms with Crippen LogP contribution in [0, 0.1) is 0 Å². The lowest BCUT2D eigenvalue weighted by atomic mass is 10.4. The van der Waals surface area contributed by atoms with Gasteiger partial charge in [0, 0.05) is 6.92 Å². The van der Waals surface area contributed by atoms with E-state index in [0.717, 1.165) is 6.92 Å². The highest BCUT2D eigenvalue weighted by molar-refractivity contribution is 8.93. The molecule has 0 amide bonds. The Morgan fingerprint density at radius 3 is 1.08 bits per heavy atom. The van der Waals surface area contributed by atoms with E-state index in [0.29, 0.717) is 0 Å². The Hall–Kier alpha value is -1.96. The third kappa shape index (κ3) is 5.52. The van der Waals surface area contributed by atoms with Crippen molar-refractivity contribution in [2.45, 2.75) is 6.92 Å². The van der Waals surface area contributed by atoms with Crippen LogP contribution in [0.15, 0.2) is 91.0 Å². The fraction of sp³-hybridized carbons (Fsp3) is 0.0952. The van der Waals surface area contributed by atoms with Crippen LogP contribution < -0.4 is 15.9 Å². The van der Waals surface area contributed by atoms with Gasteiger partial charge in [-0.15, -0.1) is 17.0 Å². The Labute approximate surface area is 160 Å². The minimum Gasteiger partial charge on any atom is -0.481 e. The van der Waals surface area contributed by atoms with E-state index in [9.17, 15) is 0 Å². The largest absolute Gasteiger partial charge is 0.481 e. The summed E-state index contributed by atoms with van der Waals surface area (Å²) in [4.78, 5) is 9.00. The first kappa shape index (κ1) is 21.1. The van der Waals surface area contributed by atoms with Crippen molar-refractivity contribution in [2.75, 3.05) is 6.66 Å². The molecule has 3 aromatic carbocycles. The lowest BCUT2D eigenvalue weighted by Crippen LogP contribution is -2.30. The molecule has 0 unspecified atom stereocenters.